The standard InChI is InChI=1S/C23H32N6S.O3S/c1-14-12-19-20(15(2)21(14)30)28-22(27-19)18-13-25-23(26-16(18)3)24-9-5-6-17-7-10-29(4)11-8-17;1-4(2)3/h12-13,17,30H,5-11H2,1-4H3,(H,27,28)(H,24,25,26);. The summed E-state index contributed by atoms with van der Waals surface area (Å²) in [5, 5.41) is 3.39. The molecule has 0 atom stereocenters. The zero-order valence-corrected chi connectivity index (χ0v) is 21.8. The molecule has 34 heavy (non-hydrogen) atoms. The lowest BCUT2D eigenvalue weighted by Crippen LogP contribution is -2.30. The summed E-state index contributed by atoms with van der Waals surface area (Å²) in [5.74, 6) is 2.36. The average Bonchev–Trinajstić information content (AvgIpc) is 3.20. The number of piperidine rings is 1. The molecule has 1 saturated heterocycles. The predicted molar refractivity (Wildman–Crippen MR) is 136 cm³/mol. The van der Waals surface area contributed by atoms with Crippen molar-refractivity contribution < 1.29 is 12.6 Å². The van der Waals surface area contributed by atoms with E-state index in [4.69, 9.17) is 17.6 Å². The van der Waals surface area contributed by atoms with Crippen LogP contribution in [0.1, 0.15) is 42.5 Å². The number of hydrogen-bond acceptors (Lipinski definition) is 9. The van der Waals surface area contributed by atoms with Crippen LogP contribution in [0, 0.1) is 26.7 Å². The summed E-state index contributed by atoms with van der Waals surface area (Å²) < 4.78 is 25.3. The summed E-state index contributed by atoms with van der Waals surface area (Å²) in [6.07, 6.45) is 6.96. The molecule has 0 aliphatic carbocycles. The van der Waals surface area contributed by atoms with E-state index in [1.165, 1.54) is 32.4 Å². The van der Waals surface area contributed by atoms with Crippen molar-refractivity contribution in [2.75, 3.05) is 32.0 Å². The first-order chi connectivity index (χ1) is 16.2. The third-order valence-electron chi connectivity index (χ3n) is 6.32. The lowest BCUT2D eigenvalue weighted by molar-refractivity contribution is 0.211. The van der Waals surface area contributed by atoms with Gasteiger partial charge in [-0.05, 0) is 89.7 Å². The molecule has 1 aromatic carbocycles. The number of likely N-dealkylation sites (tertiary alicyclic amines) is 1. The van der Waals surface area contributed by atoms with Gasteiger partial charge in [0.2, 0.25) is 5.95 Å². The lowest BCUT2D eigenvalue weighted by atomic mass is 9.92. The fourth-order valence-corrected chi connectivity index (χ4v) is 4.49. The molecule has 0 unspecified atom stereocenters. The Kier molecular flexibility index (Phi) is 9.03. The van der Waals surface area contributed by atoms with E-state index in [1.54, 1.807) is 0 Å². The van der Waals surface area contributed by atoms with E-state index in [1.807, 2.05) is 13.1 Å². The number of anilines is 1. The number of nitrogens with one attached hydrogen (secondary N) is 2. The third-order valence-corrected chi connectivity index (χ3v) is 7.01. The van der Waals surface area contributed by atoms with Crippen LogP contribution < -0.4 is 5.32 Å². The summed E-state index contributed by atoms with van der Waals surface area (Å²) in [6.45, 7) is 9.52. The van der Waals surface area contributed by atoms with Crippen molar-refractivity contribution in [2.24, 2.45) is 5.92 Å². The second-order valence-corrected chi connectivity index (χ2v) is 9.72. The van der Waals surface area contributed by atoms with Crippen LogP contribution in [0.5, 0.6) is 0 Å². The van der Waals surface area contributed by atoms with Crippen molar-refractivity contribution in [3.8, 4) is 11.4 Å². The number of hydrogen-bond donors (Lipinski definition) is 3. The van der Waals surface area contributed by atoms with Crippen molar-refractivity contribution in [2.45, 2.75) is 51.3 Å². The molecule has 3 aromatic rings. The molecule has 0 radical (unpaired) electrons. The molecule has 1 aliphatic rings. The van der Waals surface area contributed by atoms with Gasteiger partial charge in [0.1, 0.15) is 5.82 Å². The minimum atomic E-state index is -3.11. The van der Waals surface area contributed by atoms with E-state index >= 15 is 0 Å². The van der Waals surface area contributed by atoms with Crippen LogP contribution in [0.25, 0.3) is 22.4 Å². The second-order valence-electron chi connectivity index (χ2n) is 8.86. The number of imidazole rings is 1. The number of thiol groups is 1. The Bertz CT molecular complexity index is 1250. The third kappa shape index (κ3) is 6.77. The minimum Gasteiger partial charge on any atom is -0.354 e. The number of aryl methyl sites for hydroxylation is 3. The number of H-pyrrole nitrogens is 1. The van der Waals surface area contributed by atoms with E-state index < -0.39 is 10.6 Å². The largest absolute Gasteiger partial charge is 0.425 e. The van der Waals surface area contributed by atoms with Gasteiger partial charge in [0.15, 0.2) is 0 Å². The maximum absolute atomic E-state index is 8.44. The molecule has 2 N–H and O–H groups in total. The molecular formula is C23H32N6O3S2. The summed E-state index contributed by atoms with van der Waals surface area (Å²) >= 11 is 4.61. The summed E-state index contributed by atoms with van der Waals surface area (Å²) in [4.78, 5) is 20.8. The van der Waals surface area contributed by atoms with Gasteiger partial charge in [0, 0.05) is 17.6 Å². The van der Waals surface area contributed by atoms with Crippen LogP contribution >= 0.6 is 12.6 Å². The van der Waals surface area contributed by atoms with E-state index in [9.17, 15) is 0 Å². The van der Waals surface area contributed by atoms with Gasteiger partial charge in [0.05, 0.1) is 22.3 Å². The fourth-order valence-electron chi connectivity index (χ4n) is 4.32. The van der Waals surface area contributed by atoms with Gasteiger partial charge in [0.25, 0.3) is 0 Å². The Hall–Kier alpha value is -2.50. The molecule has 1 aliphatic heterocycles. The van der Waals surface area contributed by atoms with E-state index in [0.717, 1.165) is 63.0 Å². The van der Waals surface area contributed by atoms with Crippen molar-refractivity contribution in [1.29, 1.82) is 0 Å². The highest BCUT2D eigenvalue weighted by atomic mass is 32.2. The van der Waals surface area contributed by atoms with Gasteiger partial charge < -0.3 is 15.2 Å². The molecule has 9 nitrogen and oxygen atoms in total. The van der Waals surface area contributed by atoms with Gasteiger partial charge in [-0.15, -0.1) is 25.3 Å². The zero-order valence-electron chi connectivity index (χ0n) is 20.1. The molecule has 2 aromatic heterocycles. The molecule has 11 heteroatoms. The quantitative estimate of drug-likeness (QED) is 0.343. The van der Waals surface area contributed by atoms with Gasteiger partial charge in [-0.1, -0.05) is 0 Å². The number of fused-ring (bicyclic) bond motifs is 1. The van der Waals surface area contributed by atoms with Crippen molar-refractivity contribution in [3.05, 3.63) is 29.1 Å². The summed E-state index contributed by atoms with van der Waals surface area (Å²) in [7, 11) is -0.897. The number of aromatic nitrogens is 4. The molecular weight excluding hydrogens is 472 g/mol. The minimum absolute atomic E-state index is 0.695. The van der Waals surface area contributed by atoms with E-state index in [-0.39, 0.29) is 0 Å². The van der Waals surface area contributed by atoms with Crippen LogP contribution in [-0.4, -0.2) is 64.1 Å². The second kappa shape index (κ2) is 11.8. The molecule has 3 heterocycles. The molecule has 0 bridgehead atoms. The Balaban J connectivity index is 0.000000751. The molecule has 184 valence electrons. The first kappa shape index (κ1) is 26.1. The van der Waals surface area contributed by atoms with Gasteiger partial charge >= 0.3 is 10.6 Å². The summed E-state index contributed by atoms with van der Waals surface area (Å²) in [6, 6.07) is 2.09. The molecule has 0 amide bonds. The van der Waals surface area contributed by atoms with Crippen LogP contribution in [0.2, 0.25) is 0 Å². The number of rotatable bonds is 6. The van der Waals surface area contributed by atoms with E-state index in [2.05, 4.69) is 64.8 Å². The summed E-state index contributed by atoms with van der Waals surface area (Å²) in [5.41, 5.74) is 6.07. The predicted octanol–water partition coefficient (Wildman–Crippen LogP) is 3.76. The first-order valence-corrected chi connectivity index (χ1v) is 12.8. The Morgan fingerprint density at radius 2 is 1.85 bits per heavy atom. The maximum Gasteiger partial charge on any atom is 0.425 e. The number of benzene rings is 1. The highest BCUT2D eigenvalue weighted by Gasteiger charge is 2.16. The first-order valence-electron chi connectivity index (χ1n) is 11.4. The molecule has 0 saturated carbocycles. The lowest BCUT2D eigenvalue weighted by Gasteiger charge is -2.28. The number of nitrogens with zero attached hydrogens (tertiary/aromatic N) is 4. The monoisotopic (exact) mass is 504 g/mol. The topological polar surface area (TPSA) is 121 Å². The van der Waals surface area contributed by atoms with Crippen molar-refractivity contribution in [1.82, 2.24) is 24.8 Å². The normalized spacial score (nSPS) is 14.6. The fraction of sp³-hybridized carbons (Fsp3) is 0.522. The molecule has 0 spiro atoms. The van der Waals surface area contributed by atoms with Gasteiger partial charge in [-0.3, -0.25) is 0 Å². The molecule has 1 fully saturated rings. The highest BCUT2D eigenvalue weighted by Crippen LogP contribution is 2.29. The van der Waals surface area contributed by atoms with E-state index in [0.29, 0.717) is 5.95 Å². The average molecular weight is 505 g/mol. The Morgan fingerprint density at radius 1 is 1.18 bits per heavy atom. The van der Waals surface area contributed by atoms with Crippen molar-refractivity contribution >= 4 is 40.2 Å². The van der Waals surface area contributed by atoms with Crippen LogP contribution in [0.15, 0.2) is 17.2 Å². The van der Waals surface area contributed by atoms with Crippen LogP contribution in [-0.2, 0) is 10.6 Å². The Labute approximate surface area is 207 Å². The highest BCUT2D eigenvalue weighted by molar-refractivity contribution is 7.80. The molecule has 4 rings (SSSR count). The zero-order chi connectivity index (χ0) is 24.8. The Morgan fingerprint density at radius 3 is 2.50 bits per heavy atom. The van der Waals surface area contributed by atoms with Crippen LogP contribution in [0.4, 0.5) is 5.95 Å². The SMILES string of the molecule is Cc1cc2[nH]c(-c3cnc(NCCCC4CCN(C)CC4)nc3C)nc2c(C)c1S.O=S(=O)=O. The smallest absolute Gasteiger partial charge is 0.354 e. The number of aromatic amines is 1. The van der Waals surface area contributed by atoms with Crippen molar-refractivity contribution in [3.63, 3.8) is 0 Å². The maximum atomic E-state index is 8.44. The van der Waals surface area contributed by atoms with Gasteiger partial charge in [-0.25, -0.2) is 15.0 Å². The van der Waals surface area contributed by atoms with Gasteiger partial charge in [-0.2, -0.15) is 0 Å². The van der Waals surface area contributed by atoms with Crippen LogP contribution in [0.3, 0.4) is 0 Å².